The van der Waals surface area contributed by atoms with Crippen molar-refractivity contribution in [2.75, 3.05) is 42.2 Å². The number of aliphatic hydroxyl groups excluding tert-OH is 1. The van der Waals surface area contributed by atoms with Crippen LogP contribution in [0.1, 0.15) is 33.7 Å². The molecule has 0 aromatic heterocycles. The maximum Gasteiger partial charge on any atom is 0.142 e. The molecule has 0 amide bonds. The van der Waals surface area contributed by atoms with E-state index < -0.39 is 12.2 Å². The maximum absolute atomic E-state index is 12.1. The van der Waals surface area contributed by atoms with E-state index in [2.05, 4.69) is 0 Å². The molecule has 180 valence electrons. The summed E-state index contributed by atoms with van der Waals surface area (Å²) in [5.74, 6) is 2.62. The summed E-state index contributed by atoms with van der Waals surface area (Å²) in [5, 5.41) is 22.8. The van der Waals surface area contributed by atoms with Crippen molar-refractivity contribution < 1.29 is 33.9 Å². The van der Waals surface area contributed by atoms with E-state index in [-0.39, 0.29) is 5.92 Å². The number of methoxy groups -OCH3 is 5. The van der Waals surface area contributed by atoms with E-state index in [0.29, 0.717) is 40.5 Å². The maximum atomic E-state index is 12.1. The van der Waals surface area contributed by atoms with Gasteiger partial charge in [-0.2, -0.15) is 0 Å². The van der Waals surface area contributed by atoms with Gasteiger partial charge in [0.15, 0.2) is 0 Å². The summed E-state index contributed by atoms with van der Waals surface area (Å²) < 4.78 is 27.8. The first-order valence-electron chi connectivity index (χ1n) is 10.9. The monoisotopic (exact) mass is 466 g/mol. The molecule has 0 unspecified atom stereocenters. The van der Waals surface area contributed by atoms with Gasteiger partial charge in [-0.3, -0.25) is 0 Å². The molecular weight excluding hydrogens is 436 g/mol. The van der Waals surface area contributed by atoms with Crippen molar-refractivity contribution in [3.8, 4) is 28.7 Å². The summed E-state index contributed by atoms with van der Waals surface area (Å²) >= 11 is 0. The Bertz CT molecular complexity index is 1170. The number of hydrogen-bond donors (Lipinski definition) is 2. The molecule has 34 heavy (non-hydrogen) atoms. The second-order valence-electron chi connectivity index (χ2n) is 8.20. The lowest BCUT2D eigenvalue weighted by molar-refractivity contribution is 0.0145. The zero-order valence-corrected chi connectivity index (χ0v) is 20.0. The summed E-state index contributed by atoms with van der Waals surface area (Å²) in [5.41, 5.74) is 1.78. The Hall–Kier alpha value is -3.42. The average molecular weight is 467 g/mol. The topological polar surface area (TPSA) is 86.6 Å². The Kier molecular flexibility index (Phi) is 6.59. The molecule has 0 radical (unpaired) electrons. The Balaban J connectivity index is 2.10. The number of fused-ring (bicyclic) bond motifs is 2. The van der Waals surface area contributed by atoms with Gasteiger partial charge in [-0.05, 0) is 41.8 Å². The van der Waals surface area contributed by atoms with E-state index in [0.717, 1.165) is 22.4 Å². The molecule has 2 N–H and O–H groups in total. The molecule has 0 spiro atoms. The highest BCUT2D eigenvalue weighted by Gasteiger charge is 2.44. The third kappa shape index (κ3) is 3.81. The first-order valence-corrected chi connectivity index (χ1v) is 10.9. The third-order valence-electron chi connectivity index (χ3n) is 6.56. The van der Waals surface area contributed by atoms with Crippen LogP contribution in [0.5, 0.6) is 28.7 Å². The predicted molar refractivity (Wildman–Crippen MR) is 128 cm³/mol. The van der Waals surface area contributed by atoms with Crippen LogP contribution in [0.25, 0.3) is 0 Å². The quantitative estimate of drug-likeness (QED) is 0.550. The average Bonchev–Trinajstić information content (AvgIpc) is 3.00. The lowest BCUT2D eigenvalue weighted by Gasteiger charge is -2.31. The molecule has 7 heteroatoms. The van der Waals surface area contributed by atoms with Gasteiger partial charge in [-0.25, -0.2) is 0 Å². The standard InChI is InChI=1S/C27H30O7/c1-30-18-8-6-16(7-9-18)21-11-17-10-19(31-2)14-24(34-5)26(17)27(29,15-28)22-12-20(32-3)13-23(33-4)25(21)22/h6-10,12-14,21,28-29H,11,15H2,1-5H3/t21-,27-/m0/s1. The Labute approximate surface area is 199 Å². The molecule has 0 aliphatic heterocycles. The molecule has 7 nitrogen and oxygen atoms in total. The first kappa shape index (κ1) is 23.7. The van der Waals surface area contributed by atoms with Crippen molar-refractivity contribution in [3.05, 3.63) is 76.3 Å². The molecule has 0 fully saturated rings. The van der Waals surface area contributed by atoms with Crippen LogP contribution in [0, 0.1) is 0 Å². The van der Waals surface area contributed by atoms with Crippen LogP contribution in [0.3, 0.4) is 0 Å². The summed E-state index contributed by atoms with van der Waals surface area (Å²) in [6.07, 6.45) is 0.507. The molecule has 0 bridgehead atoms. The van der Waals surface area contributed by atoms with Crippen LogP contribution in [0.4, 0.5) is 0 Å². The van der Waals surface area contributed by atoms with E-state index in [4.69, 9.17) is 23.7 Å². The van der Waals surface area contributed by atoms with Crippen molar-refractivity contribution >= 4 is 0 Å². The number of hydrogen-bond acceptors (Lipinski definition) is 7. The molecule has 0 saturated heterocycles. The molecule has 1 aliphatic rings. The molecule has 0 heterocycles. The van der Waals surface area contributed by atoms with Gasteiger partial charge < -0.3 is 33.9 Å². The largest absolute Gasteiger partial charge is 0.497 e. The fourth-order valence-corrected chi connectivity index (χ4v) is 4.89. The van der Waals surface area contributed by atoms with Gasteiger partial charge >= 0.3 is 0 Å². The van der Waals surface area contributed by atoms with Crippen LogP contribution in [0.15, 0.2) is 48.5 Å². The number of rotatable bonds is 7. The Morgan fingerprint density at radius 3 is 1.91 bits per heavy atom. The van der Waals surface area contributed by atoms with E-state index in [9.17, 15) is 10.2 Å². The van der Waals surface area contributed by atoms with Crippen molar-refractivity contribution in [3.63, 3.8) is 0 Å². The molecule has 3 aromatic rings. The lowest BCUT2D eigenvalue weighted by Crippen LogP contribution is -2.33. The van der Waals surface area contributed by atoms with Crippen LogP contribution < -0.4 is 23.7 Å². The highest BCUT2D eigenvalue weighted by atomic mass is 16.5. The summed E-state index contributed by atoms with van der Waals surface area (Å²) in [7, 11) is 7.88. The van der Waals surface area contributed by atoms with Gasteiger partial charge in [-0.15, -0.1) is 0 Å². The predicted octanol–water partition coefficient (Wildman–Crippen LogP) is 3.65. The number of aliphatic hydroxyl groups is 2. The van der Waals surface area contributed by atoms with Gasteiger partial charge in [0, 0.05) is 34.7 Å². The molecule has 0 saturated carbocycles. The fourth-order valence-electron chi connectivity index (χ4n) is 4.89. The molecule has 1 aliphatic carbocycles. The van der Waals surface area contributed by atoms with Crippen LogP contribution in [-0.2, 0) is 12.0 Å². The van der Waals surface area contributed by atoms with E-state index >= 15 is 0 Å². The molecule has 2 atom stereocenters. The SMILES string of the molecule is COc1ccc([C@@H]2Cc3cc(OC)cc(OC)c3[C@](O)(CO)c3cc(OC)cc(OC)c32)cc1. The van der Waals surface area contributed by atoms with Gasteiger partial charge in [0.2, 0.25) is 0 Å². The minimum atomic E-state index is -1.77. The third-order valence-corrected chi connectivity index (χ3v) is 6.56. The first-order chi connectivity index (χ1) is 16.4. The lowest BCUT2D eigenvalue weighted by atomic mass is 9.81. The Morgan fingerprint density at radius 1 is 0.765 bits per heavy atom. The molecule has 4 rings (SSSR count). The van der Waals surface area contributed by atoms with Gasteiger partial charge in [0.25, 0.3) is 0 Å². The fraction of sp³-hybridized carbons (Fsp3) is 0.333. The zero-order chi connectivity index (χ0) is 24.5. The minimum absolute atomic E-state index is 0.210. The van der Waals surface area contributed by atoms with Gasteiger partial charge in [0.05, 0.1) is 42.2 Å². The Morgan fingerprint density at radius 2 is 1.35 bits per heavy atom. The molecular formula is C27H30O7. The smallest absolute Gasteiger partial charge is 0.142 e. The normalized spacial score (nSPS) is 18.9. The van der Waals surface area contributed by atoms with Crippen LogP contribution in [0.2, 0.25) is 0 Å². The van der Waals surface area contributed by atoms with Gasteiger partial charge in [-0.1, -0.05) is 12.1 Å². The van der Waals surface area contributed by atoms with Crippen molar-refractivity contribution in [1.29, 1.82) is 0 Å². The second kappa shape index (κ2) is 9.44. The molecule has 3 aromatic carbocycles. The van der Waals surface area contributed by atoms with Crippen LogP contribution in [-0.4, -0.2) is 52.4 Å². The summed E-state index contributed by atoms with van der Waals surface area (Å²) in [6.45, 7) is -0.568. The van der Waals surface area contributed by atoms with Gasteiger partial charge in [0.1, 0.15) is 34.3 Å². The van der Waals surface area contributed by atoms with Crippen LogP contribution >= 0.6 is 0 Å². The second-order valence-corrected chi connectivity index (χ2v) is 8.20. The van der Waals surface area contributed by atoms with Crippen molar-refractivity contribution in [2.45, 2.75) is 17.9 Å². The van der Waals surface area contributed by atoms with E-state index in [1.165, 1.54) is 7.11 Å². The highest BCUT2D eigenvalue weighted by molar-refractivity contribution is 5.63. The number of benzene rings is 3. The zero-order valence-electron chi connectivity index (χ0n) is 20.0. The summed E-state index contributed by atoms with van der Waals surface area (Å²) in [6, 6.07) is 14.9. The van der Waals surface area contributed by atoms with Crippen molar-refractivity contribution in [2.24, 2.45) is 0 Å². The highest BCUT2D eigenvalue weighted by Crippen LogP contribution is 2.51. The minimum Gasteiger partial charge on any atom is -0.497 e. The number of ether oxygens (including phenoxy) is 5. The van der Waals surface area contributed by atoms with E-state index in [1.807, 2.05) is 30.3 Å². The van der Waals surface area contributed by atoms with E-state index in [1.54, 1.807) is 46.6 Å². The van der Waals surface area contributed by atoms with Crippen molar-refractivity contribution in [1.82, 2.24) is 0 Å². The summed E-state index contributed by atoms with van der Waals surface area (Å²) in [4.78, 5) is 0.